The molecule has 0 atom stereocenters. The molecule has 2 aliphatic rings. The molecule has 3 rings (SSSR count). The maximum atomic E-state index is 5.81. The number of piperidine rings is 1. The van der Waals surface area contributed by atoms with Crippen LogP contribution in [0.2, 0.25) is 0 Å². The average molecular weight is 292 g/mol. The van der Waals surface area contributed by atoms with Gasteiger partial charge in [-0.15, -0.1) is 0 Å². The average Bonchev–Trinajstić information content (AvgIpc) is 2.98. The molecule has 0 aromatic heterocycles. The summed E-state index contributed by atoms with van der Waals surface area (Å²) in [5.74, 6) is 0.612. The second-order valence-corrected chi connectivity index (χ2v) is 5.65. The summed E-state index contributed by atoms with van der Waals surface area (Å²) in [5, 5.41) is 0. The van der Waals surface area contributed by atoms with Crippen molar-refractivity contribution >= 4 is 0 Å². The first-order valence-corrected chi connectivity index (χ1v) is 7.72. The highest BCUT2D eigenvalue weighted by Gasteiger charge is 2.39. The lowest BCUT2D eigenvalue weighted by Crippen LogP contribution is -2.46. The monoisotopic (exact) mass is 292 g/mol. The molecule has 2 heterocycles. The quantitative estimate of drug-likeness (QED) is 0.888. The Kier molecular flexibility index (Phi) is 4.75. The molecule has 2 aliphatic heterocycles. The SMILES string of the molecule is NCc1cccc(OCCN2CCC3(CC2)OCCO3)c1. The Balaban J connectivity index is 1.40. The molecule has 1 spiro atoms. The summed E-state index contributed by atoms with van der Waals surface area (Å²) >= 11 is 0. The zero-order valence-electron chi connectivity index (χ0n) is 12.4. The first kappa shape index (κ1) is 14.8. The summed E-state index contributed by atoms with van der Waals surface area (Å²) in [6.45, 7) is 5.66. The highest BCUT2D eigenvalue weighted by molar-refractivity contribution is 5.28. The number of hydrogen-bond acceptors (Lipinski definition) is 5. The van der Waals surface area contributed by atoms with E-state index >= 15 is 0 Å². The summed E-state index contributed by atoms with van der Waals surface area (Å²) in [5.41, 5.74) is 6.73. The first-order valence-electron chi connectivity index (χ1n) is 7.72. The molecule has 1 aromatic carbocycles. The van der Waals surface area contributed by atoms with E-state index in [4.69, 9.17) is 19.9 Å². The minimum atomic E-state index is -0.285. The number of likely N-dealkylation sites (tertiary alicyclic amines) is 1. The summed E-state index contributed by atoms with van der Waals surface area (Å²) < 4.78 is 17.3. The van der Waals surface area contributed by atoms with Gasteiger partial charge in [-0.3, -0.25) is 4.90 Å². The van der Waals surface area contributed by atoms with E-state index in [1.54, 1.807) is 0 Å². The van der Waals surface area contributed by atoms with E-state index in [1.165, 1.54) is 0 Å². The van der Waals surface area contributed by atoms with Crippen molar-refractivity contribution in [3.8, 4) is 5.75 Å². The van der Waals surface area contributed by atoms with Crippen LogP contribution in [0.25, 0.3) is 0 Å². The molecular formula is C16H24N2O3. The van der Waals surface area contributed by atoms with Gasteiger partial charge < -0.3 is 19.9 Å². The van der Waals surface area contributed by atoms with Crippen LogP contribution in [0.4, 0.5) is 0 Å². The third-order valence-corrected chi connectivity index (χ3v) is 4.24. The van der Waals surface area contributed by atoms with Crippen molar-refractivity contribution < 1.29 is 14.2 Å². The maximum absolute atomic E-state index is 5.81. The summed E-state index contributed by atoms with van der Waals surface area (Å²) in [4.78, 5) is 2.41. The lowest BCUT2D eigenvalue weighted by Gasteiger charge is -2.37. The van der Waals surface area contributed by atoms with Crippen LogP contribution in [0.5, 0.6) is 5.75 Å². The van der Waals surface area contributed by atoms with Gasteiger partial charge in [0.25, 0.3) is 0 Å². The van der Waals surface area contributed by atoms with Crippen molar-refractivity contribution in [3.63, 3.8) is 0 Å². The molecule has 2 N–H and O–H groups in total. The molecule has 0 amide bonds. The van der Waals surface area contributed by atoms with Gasteiger partial charge in [-0.05, 0) is 17.7 Å². The minimum Gasteiger partial charge on any atom is -0.492 e. The van der Waals surface area contributed by atoms with Gasteiger partial charge in [-0.25, -0.2) is 0 Å². The van der Waals surface area contributed by atoms with Crippen LogP contribution in [-0.4, -0.2) is 50.1 Å². The zero-order valence-corrected chi connectivity index (χ0v) is 12.4. The molecule has 5 nitrogen and oxygen atoms in total. The molecule has 0 radical (unpaired) electrons. The van der Waals surface area contributed by atoms with Crippen molar-refractivity contribution in [2.75, 3.05) is 39.5 Å². The van der Waals surface area contributed by atoms with Crippen molar-refractivity contribution in [3.05, 3.63) is 29.8 Å². The normalized spacial score (nSPS) is 21.8. The van der Waals surface area contributed by atoms with E-state index in [9.17, 15) is 0 Å². The van der Waals surface area contributed by atoms with E-state index in [2.05, 4.69) is 4.90 Å². The number of ether oxygens (including phenoxy) is 3. The van der Waals surface area contributed by atoms with Crippen molar-refractivity contribution in [1.82, 2.24) is 4.90 Å². The van der Waals surface area contributed by atoms with E-state index in [0.717, 1.165) is 57.0 Å². The van der Waals surface area contributed by atoms with Crippen LogP contribution in [-0.2, 0) is 16.0 Å². The Hall–Kier alpha value is -1.14. The second kappa shape index (κ2) is 6.75. The van der Waals surface area contributed by atoms with Gasteiger partial charge in [0.15, 0.2) is 5.79 Å². The highest BCUT2D eigenvalue weighted by atomic mass is 16.7. The topological polar surface area (TPSA) is 57.0 Å². The fourth-order valence-electron chi connectivity index (χ4n) is 2.96. The van der Waals surface area contributed by atoms with Gasteiger partial charge in [0.1, 0.15) is 12.4 Å². The molecule has 0 aliphatic carbocycles. The van der Waals surface area contributed by atoms with Gasteiger partial charge in [0.05, 0.1) is 13.2 Å². The smallest absolute Gasteiger partial charge is 0.170 e. The molecule has 0 unspecified atom stereocenters. The fraction of sp³-hybridized carbons (Fsp3) is 0.625. The highest BCUT2D eigenvalue weighted by Crippen LogP contribution is 2.31. The van der Waals surface area contributed by atoms with Gasteiger partial charge in [-0.1, -0.05) is 12.1 Å². The van der Waals surface area contributed by atoms with E-state index in [1.807, 2.05) is 24.3 Å². The van der Waals surface area contributed by atoms with Crippen LogP contribution in [0.1, 0.15) is 18.4 Å². The Morgan fingerprint density at radius 2 is 1.95 bits per heavy atom. The van der Waals surface area contributed by atoms with Gasteiger partial charge in [0, 0.05) is 39.0 Å². The number of nitrogens with two attached hydrogens (primary N) is 1. The summed E-state index contributed by atoms with van der Waals surface area (Å²) in [6, 6.07) is 7.98. The number of benzene rings is 1. The lowest BCUT2D eigenvalue weighted by molar-refractivity contribution is -0.185. The molecule has 0 bridgehead atoms. The molecular weight excluding hydrogens is 268 g/mol. The molecule has 0 saturated carbocycles. The first-order chi connectivity index (χ1) is 10.3. The lowest BCUT2D eigenvalue weighted by atomic mass is 10.0. The molecule has 2 fully saturated rings. The van der Waals surface area contributed by atoms with E-state index in [-0.39, 0.29) is 5.79 Å². The van der Waals surface area contributed by atoms with Crippen LogP contribution in [0.15, 0.2) is 24.3 Å². The predicted molar refractivity (Wildman–Crippen MR) is 80.1 cm³/mol. The molecule has 21 heavy (non-hydrogen) atoms. The summed E-state index contributed by atoms with van der Waals surface area (Å²) in [6.07, 6.45) is 1.91. The molecule has 116 valence electrons. The maximum Gasteiger partial charge on any atom is 0.170 e. The Morgan fingerprint density at radius 3 is 2.67 bits per heavy atom. The molecule has 1 aromatic rings. The van der Waals surface area contributed by atoms with Gasteiger partial charge in [-0.2, -0.15) is 0 Å². The number of rotatable bonds is 5. The Bertz CT molecular complexity index is 451. The standard InChI is InChI=1S/C16H24N2O3/c17-13-14-2-1-3-15(12-14)19-9-8-18-6-4-16(5-7-18)20-10-11-21-16/h1-3,12H,4-11,13,17H2. The Morgan fingerprint density at radius 1 is 1.19 bits per heavy atom. The van der Waals surface area contributed by atoms with Crippen molar-refractivity contribution in [2.45, 2.75) is 25.2 Å². The van der Waals surface area contributed by atoms with Crippen molar-refractivity contribution in [1.29, 1.82) is 0 Å². The summed E-state index contributed by atoms with van der Waals surface area (Å²) in [7, 11) is 0. The third-order valence-electron chi connectivity index (χ3n) is 4.24. The number of hydrogen-bond donors (Lipinski definition) is 1. The van der Waals surface area contributed by atoms with Crippen LogP contribution in [0.3, 0.4) is 0 Å². The molecule has 2 saturated heterocycles. The minimum absolute atomic E-state index is 0.285. The van der Waals surface area contributed by atoms with Gasteiger partial charge in [0.2, 0.25) is 0 Å². The van der Waals surface area contributed by atoms with Crippen LogP contribution >= 0.6 is 0 Å². The second-order valence-electron chi connectivity index (χ2n) is 5.65. The largest absolute Gasteiger partial charge is 0.492 e. The van der Waals surface area contributed by atoms with Crippen molar-refractivity contribution in [2.24, 2.45) is 5.73 Å². The van der Waals surface area contributed by atoms with E-state index in [0.29, 0.717) is 13.2 Å². The zero-order chi connectivity index (χ0) is 14.5. The number of nitrogens with zero attached hydrogens (tertiary/aromatic N) is 1. The van der Waals surface area contributed by atoms with Gasteiger partial charge >= 0.3 is 0 Å². The predicted octanol–water partition coefficient (Wildman–Crippen LogP) is 1.36. The van der Waals surface area contributed by atoms with E-state index < -0.39 is 0 Å². The van der Waals surface area contributed by atoms with Crippen LogP contribution < -0.4 is 10.5 Å². The van der Waals surface area contributed by atoms with Crippen LogP contribution in [0, 0.1) is 0 Å². The fourth-order valence-corrected chi connectivity index (χ4v) is 2.96. The molecule has 5 heteroatoms. The Labute approximate surface area is 126 Å². The third kappa shape index (κ3) is 3.74.